The van der Waals surface area contributed by atoms with Gasteiger partial charge in [-0.05, 0) is 44.2 Å². The van der Waals surface area contributed by atoms with Crippen LogP contribution in [0.15, 0.2) is 35.3 Å². The van der Waals surface area contributed by atoms with Gasteiger partial charge < -0.3 is 15.0 Å². The maximum Gasteiger partial charge on any atom is 0.194 e. The minimum Gasteiger partial charge on any atom is -0.383 e. The molecule has 2 fully saturated rings. The Hall–Kier alpha value is -0.860. The van der Waals surface area contributed by atoms with Crippen molar-refractivity contribution in [3.05, 3.63) is 35.9 Å². The first kappa shape index (κ1) is 22.4. The molecule has 2 aliphatic heterocycles. The van der Waals surface area contributed by atoms with Gasteiger partial charge in [0.1, 0.15) is 0 Å². The Kier molecular flexibility index (Phi) is 9.86. The van der Waals surface area contributed by atoms with Gasteiger partial charge in [0.25, 0.3) is 0 Å². The van der Waals surface area contributed by atoms with Crippen molar-refractivity contribution in [2.24, 2.45) is 10.9 Å². The quantitative estimate of drug-likeness (QED) is 0.290. The van der Waals surface area contributed by atoms with Crippen LogP contribution in [0, 0.1) is 5.92 Å². The Bertz CT molecular complexity index is 569. The zero-order valence-corrected chi connectivity index (χ0v) is 19.1. The second kappa shape index (κ2) is 11.9. The molecule has 3 rings (SSSR count). The molecule has 0 bridgehead atoms. The number of rotatable bonds is 6. The Balaban J connectivity index is 0.00000261. The summed E-state index contributed by atoms with van der Waals surface area (Å²) >= 11 is 0. The highest BCUT2D eigenvalue weighted by atomic mass is 127. The molecule has 1 N–H and O–H groups in total. The number of ether oxygens (including phenoxy) is 1. The third-order valence-corrected chi connectivity index (χ3v) is 5.60. The molecular weight excluding hydrogens is 451 g/mol. The molecule has 0 aromatic heterocycles. The van der Waals surface area contributed by atoms with E-state index in [1.807, 2.05) is 0 Å². The minimum absolute atomic E-state index is 0. The summed E-state index contributed by atoms with van der Waals surface area (Å²) in [5.74, 6) is 1.80. The van der Waals surface area contributed by atoms with Gasteiger partial charge in [0.05, 0.1) is 13.2 Å². The van der Waals surface area contributed by atoms with Crippen LogP contribution < -0.4 is 5.32 Å². The first-order chi connectivity index (χ1) is 12.8. The normalized spacial score (nSPS) is 23.5. The SMILES string of the molecule is CCNC(=NCCOC)N1CCC2C(CCCN2Cc2ccccc2)C1.I. The summed E-state index contributed by atoms with van der Waals surface area (Å²) in [5, 5.41) is 3.46. The fourth-order valence-corrected chi connectivity index (χ4v) is 4.38. The molecule has 2 saturated heterocycles. The second-order valence-corrected chi connectivity index (χ2v) is 7.39. The molecule has 2 aliphatic rings. The highest BCUT2D eigenvalue weighted by Crippen LogP contribution is 2.31. The summed E-state index contributed by atoms with van der Waals surface area (Å²) in [5.41, 5.74) is 1.44. The van der Waals surface area contributed by atoms with Crippen LogP contribution in [-0.4, -0.2) is 68.2 Å². The molecule has 6 heteroatoms. The topological polar surface area (TPSA) is 40.1 Å². The third kappa shape index (κ3) is 6.32. The Labute approximate surface area is 181 Å². The van der Waals surface area contributed by atoms with Crippen LogP contribution in [-0.2, 0) is 11.3 Å². The molecule has 0 aliphatic carbocycles. The van der Waals surface area contributed by atoms with E-state index in [0.29, 0.717) is 12.6 Å². The van der Waals surface area contributed by atoms with E-state index in [2.05, 4.69) is 52.4 Å². The van der Waals surface area contributed by atoms with Crippen LogP contribution in [0.3, 0.4) is 0 Å². The average Bonchev–Trinajstić information content (AvgIpc) is 2.68. The fourth-order valence-electron chi connectivity index (χ4n) is 4.38. The molecule has 27 heavy (non-hydrogen) atoms. The fraction of sp³-hybridized carbons (Fsp3) is 0.667. The third-order valence-electron chi connectivity index (χ3n) is 5.60. The number of benzene rings is 1. The monoisotopic (exact) mass is 486 g/mol. The minimum atomic E-state index is 0. The number of methoxy groups -OCH3 is 1. The zero-order chi connectivity index (χ0) is 18.2. The lowest BCUT2D eigenvalue weighted by molar-refractivity contribution is 0.0372. The van der Waals surface area contributed by atoms with E-state index in [0.717, 1.165) is 44.6 Å². The van der Waals surface area contributed by atoms with E-state index < -0.39 is 0 Å². The van der Waals surface area contributed by atoms with Gasteiger partial charge in [-0.3, -0.25) is 9.89 Å². The van der Waals surface area contributed by atoms with Gasteiger partial charge in [-0.1, -0.05) is 30.3 Å². The lowest BCUT2D eigenvalue weighted by Gasteiger charge is -2.48. The number of aliphatic imine (C=N–C) groups is 1. The Morgan fingerprint density at radius 3 is 2.78 bits per heavy atom. The number of nitrogens with zero attached hydrogens (tertiary/aromatic N) is 3. The molecule has 0 saturated carbocycles. The smallest absolute Gasteiger partial charge is 0.194 e. The predicted molar refractivity (Wildman–Crippen MR) is 123 cm³/mol. The van der Waals surface area contributed by atoms with Gasteiger partial charge in [-0.2, -0.15) is 0 Å². The van der Waals surface area contributed by atoms with Crippen LogP contribution in [0.4, 0.5) is 0 Å². The maximum atomic E-state index is 5.15. The summed E-state index contributed by atoms with van der Waals surface area (Å²) in [6.45, 7) is 8.99. The van der Waals surface area contributed by atoms with Crippen LogP contribution in [0.25, 0.3) is 0 Å². The molecular formula is C21H35IN4O. The molecule has 0 radical (unpaired) electrons. The zero-order valence-electron chi connectivity index (χ0n) is 16.8. The predicted octanol–water partition coefficient (Wildman–Crippen LogP) is 3.20. The Morgan fingerprint density at radius 2 is 2.04 bits per heavy atom. The van der Waals surface area contributed by atoms with Gasteiger partial charge in [0.2, 0.25) is 0 Å². The first-order valence-corrected chi connectivity index (χ1v) is 10.1. The summed E-state index contributed by atoms with van der Waals surface area (Å²) in [7, 11) is 1.73. The first-order valence-electron chi connectivity index (χ1n) is 10.1. The molecule has 2 atom stereocenters. The van der Waals surface area contributed by atoms with Gasteiger partial charge in [-0.25, -0.2) is 0 Å². The summed E-state index contributed by atoms with van der Waals surface area (Å²) in [6.07, 6.45) is 3.87. The number of hydrogen-bond donors (Lipinski definition) is 1. The molecule has 2 heterocycles. The van der Waals surface area contributed by atoms with Crippen LogP contribution in [0.5, 0.6) is 0 Å². The molecule has 0 amide bonds. The van der Waals surface area contributed by atoms with Crippen molar-refractivity contribution in [2.75, 3.05) is 46.4 Å². The molecule has 1 aromatic rings. The summed E-state index contributed by atoms with van der Waals surface area (Å²) < 4.78 is 5.15. The number of nitrogens with one attached hydrogen (secondary N) is 1. The largest absolute Gasteiger partial charge is 0.383 e. The lowest BCUT2D eigenvalue weighted by Crippen LogP contribution is -2.56. The van der Waals surface area contributed by atoms with E-state index in [4.69, 9.17) is 9.73 Å². The van der Waals surface area contributed by atoms with Crippen molar-refractivity contribution in [3.8, 4) is 0 Å². The van der Waals surface area contributed by atoms with Crippen molar-refractivity contribution in [2.45, 2.75) is 38.8 Å². The highest BCUT2D eigenvalue weighted by molar-refractivity contribution is 14.0. The number of likely N-dealkylation sites (tertiary alicyclic amines) is 2. The standard InChI is InChI=1S/C21H34N4O.HI/c1-3-22-21(23-12-15-26-2)25-14-11-20-19(17-25)10-7-13-24(20)16-18-8-5-4-6-9-18;/h4-6,8-9,19-20H,3,7,10-17H2,1-2H3,(H,22,23);1H. The second-order valence-electron chi connectivity index (χ2n) is 7.39. The van der Waals surface area contributed by atoms with Crippen molar-refractivity contribution in [1.29, 1.82) is 0 Å². The van der Waals surface area contributed by atoms with Crippen LogP contribution in [0.2, 0.25) is 0 Å². The number of piperidine rings is 2. The molecule has 1 aromatic carbocycles. The lowest BCUT2D eigenvalue weighted by atomic mass is 9.83. The average molecular weight is 486 g/mol. The Morgan fingerprint density at radius 1 is 1.22 bits per heavy atom. The van der Waals surface area contributed by atoms with E-state index in [1.165, 1.54) is 31.4 Å². The summed E-state index contributed by atoms with van der Waals surface area (Å²) in [4.78, 5) is 9.93. The highest BCUT2D eigenvalue weighted by Gasteiger charge is 2.36. The van der Waals surface area contributed by atoms with E-state index in [-0.39, 0.29) is 24.0 Å². The van der Waals surface area contributed by atoms with E-state index in [9.17, 15) is 0 Å². The number of hydrogen-bond acceptors (Lipinski definition) is 3. The molecule has 152 valence electrons. The van der Waals surface area contributed by atoms with Crippen molar-refractivity contribution in [3.63, 3.8) is 0 Å². The van der Waals surface area contributed by atoms with Crippen LogP contribution in [0.1, 0.15) is 31.7 Å². The number of fused-ring (bicyclic) bond motifs is 1. The van der Waals surface area contributed by atoms with Gasteiger partial charge in [0.15, 0.2) is 5.96 Å². The van der Waals surface area contributed by atoms with Crippen LogP contribution >= 0.6 is 24.0 Å². The van der Waals surface area contributed by atoms with Gasteiger partial charge in [-0.15, -0.1) is 24.0 Å². The van der Waals surface area contributed by atoms with Crippen molar-refractivity contribution >= 4 is 29.9 Å². The van der Waals surface area contributed by atoms with E-state index >= 15 is 0 Å². The molecule has 5 nitrogen and oxygen atoms in total. The maximum absolute atomic E-state index is 5.15. The van der Waals surface area contributed by atoms with Crippen molar-refractivity contribution in [1.82, 2.24) is 15.1 Å². The molecule has 0 spiro atoms. The number of guanidine groups is 1. The number of halogens is 1. The van der Waals surface area contributed by atoms with Gasteiger partial charge >= 0.3 is 0 Å². The summed E-state index contributed by atoms with van der Waals surface area (Å²) in [6, 6.07) is 11.6. The van der Waals surface area contributed by atoms with Gasteiger partial charge in [0, 0.05) is 39.3 Å². The van der Waals surface area contributed by atoms with Crippen molar-refractivity contribution < 1.29 is 4.74 Å². The molecule has 2 unspecified atom stereocenters. The van der Waals surface area contributed by atoms with E-state index in [1.54, 1.807) is 7.11 Å².